The molecule has 94 valence electrons. The summed E-state index contributed by atoms with van der Waals surface area (Å²) in [4.78, 5) is 2.43. The molecule has 0 bridgehead atoms. The van der Waals surface area contributed by atoms with Gasteiger partial charge in [-0.05, 0) is 18.6 Å². The predicted molar refractivity (Wildman–Crippen MR) is 72.9 cm³/mol. The molecular weight excluding hydrogens is 280 g/mol. The minimum absolute atomic E-state index is 0.175. The lowest BCUT2D eigenvalue weighted by Crippen LogP contribution is -2.46. The number of nitrogens with two attached hydrogens (primary N) is 1. The molecule has 2 rings (SSSR count). The lowest BCUT2D eigenvalue weighted by molar-refractivity contribution is -0.0365. The van der Waals surface area contributed by atoms with Gasteiger partial charge in [-0.1, -0.05) is 34.1 Å². The molecule has 0 aliphatic carbocycles. The molecular formula is C13H19BrN2O. The monoisotopic (exact) mass is 298 g/mol. The summed E-state index contributed by atoms with van der Waals surface area (Å²) in [7, 11) is 0. The highest BCUT2D eigenvalue weighted by Crippen LogP contribution is 2.28. The predicted octanol–water partition coefficient (Wildman–Crippen LogP) is 2.17. The van der Waals surface area contributed by atoms with Crippen molar-refractivity contribution in [3.8, 4) is 0 Å². The van der Waals surface area contributed by atoms with Crippen LogP contribution in [0.4, 0.5) is 0 Å². The van der Waals surface area contributed by atoms with Gasteiger partial charge in [0.1, 0.15) is 0 Å². The van der Waals surface area contributed by atoms with E-state index in [0.29, 0.717) is 12.6 Å². The summed E-state index contributed by atoms with van der Waals surface area (Å²) in [5.41, 5.74) is 7.00. The van der Waals surface area contributed by atoms with Crippen LogP contribution in [-0.2, 0) is 4.74 Å². The van der Waals surface area contributed by atoms with Gasteiger partial charge in [0.05, 0.1) is 12.7 Å². The zero-order valence-corrected chi connectivity index (χ0v) is 11.7. The molecule has 2 unspecified atom stereocenters. The van der Waals surface area contributed by atoms with E-state index in [1.54, 1.807) is 0 Å². The fraction of sp³-hybridized carbons (Fsp3) is 0.538. The number of ether oxygens (including phenoxy) is 1. The molecule has 1 aliphatic rings. The van der Waals surface area contributed by atoms with Crippen LogP contribution >= 0.6 is 15.9 Å². The summed E-state index contributed by atoms with van der Waals surface area (Å²) in [5.74, 6) is 0. The topological polar surface area (TPSA) is 38.5 Å². The number of nitrogens with zero attached hydrogens (tertiary/aromatic N) is 1. The summed E-state index contributed by atoms with van der Waals surface area (Å²) in [6.07, 6.45) is 0.175. The van der Waals surface area contributed by atoms with Crippen molar-refractivity contribution >= 4 is 15.9 Å². The van der Waals surface area contributed by atoms with Crippen molar-refractivity contribution in [1.82, 2.24) is 4.90 Å². The Morgan fingerprint density at radius 2 is 2.29 bits per heavy atom. The first kappa shape index (κ1) is 13.0. The van der Waals surface area contributed by atoms with Crippen LogP contribution in [0.2, 0.25) is 0 Å². The van der Waals surface area contributed by atoms with E-state index < -0.39 is 0 Å². The average Bonchev–Trinajstić information content (AvgIpc) is 2.38. The minimum atomic E-state index is 0.175. The van der Waals surface area contributed by atoms with Gasteiger partial charge in [0.15, 0.2) is 0 Å². The Hall–Kier alpha value is -0.420. The smallest absolute Gasteiger partial charge is 0.0824 e. The number of benzene rings is 1. The van der Waals surface area contributed by atoms with Gasteiger partial charge in [-0.2, -0.15) is 0 Å². The minimum Gasteiger partial charge on any atom is -0.374 e. The van der Waals surface area contributed by atoms with Gasteiger partial charge in [0.25, 0.3) is 0 Å². The Kier molecular flexibility index (Phi) is 4.56. The van der Waals surface area contributed by atoms with Crippen molar-refractivity contribution in [2.24, 2.45) is 5.73 Å². The molecule has 1 aromatic carbocycles. The van der Waals surface area contributed by atoms with Crippen LogP contribution in [0.25, 0.3) is 0 Å². The van der Waals surface area contributed by atoms with Gasteiger partial charge in [-0.15, -0.1) is 0 Å². The summed E-state index contributed by atoms with van der Waals surface area (Å²) >= 11 is 3.61. The molecule has 17 heavy (non-hydrogen) atoms. The van der Waals surface area contributed by atoms with Gasteiger partial charge < -0.3 is 10.5 Å². The van der Waals surface area contributed by atoms with E-state index in [1.165, 1.54) is 10.0 Å². The molecule has 1 saturated heterocycles. The maximum Gasteiger partial charge on any atom is 0.0824 e. The number of rotatable bonds is 3. The first-order valence-electron chi connectivity index (χ1n) is 6.02. The molecule has 2 atom stereocenters. The third-order valence-electron chi connectivity index (χ3n) is 3.34. The zero-order chi connectivity index (χ0) is 12.3. The number of halogens is 1. The Morgan fingerprint density at radius 3 is 3.00 bits per heavy atom. The van der Waals surface area contributed by atoms with Gasteiger partial charge >= 0.3 is 0 Å². The molecule has 1 heterocycles. The van der Waals surface area contributed by atoms with Gasteiger partial charge in [-0.3, -0.25) is 4.90 Å². The van der Waals surface area contributed by atoms with Crippen LogP contribution in [0.5, 0.6) is 0 Å². The first-order valence-corrected chi connectivity index (χ1v) is 6.82. The SMILES string of the molecule is CC(c1ccccc1Br)N1CCOC(CN)C1. The van der Waals surface area contributed by atoms with E-state index in [4.69, 9.17) is 10.5 Å². The van der Waals surface area contributed by atoms with Crippen LogP contribution in [0.15, 0.2) is 28.7 Å². The molecule has 0 amide bonds. The maximum absolute atomic E-state index is 5.67. The van der Waals surface area contributed by atoms with E-state index in [-0.39, 0.29) is 6.10 Å². The highest BCUT2D eigenvalue weighted by molar-refractivity contribution is 9.10. The molecule has 0 saturated carbocycles. The Balaban J connectivity index is 2.09. The second kappa shape index (κ2) is 5.96. The van der Waals surface area contributed by atoms with Crippen LogP contribution < -0.4 is 5.73 Å². The van der Waals surface area contributed by atoms with E-state index in [0.717, 1.165) is 19.7 Å². The van der Waals surface area contributed by atoms with Crippen molar-refractivity contribution in [3.05, 3.63) is 34.3 Å². The first-order chi connectivity index (χ1) is 8.22. The third kappa shape index (κ3) is 3.07. The highest BCUT2D eigenvalue weighted by Gasteiger charge is 2.24. The fourth-order valence-corrected chi connectivity index (χ4v) is 2.86. The van der Waals surface area contributed by atoms with Crippen LogP contribution in [0.1, 0.15) is 18.5 Å². The average molecular weight is 299 g/mol. The molecule has 1 aliphatic heterocycles. The zero-order valence-electron chi connectivity index (χ0n) is 10.1. The van der Waals surface area contributed by atoms with Gasteiger partial charge in [-0.25, -0.2) is 0 Å². The van der Waals surface area contributed by atoms with Gasteiger partial charge in [0.2, 0.25) is 0 Å². The molecule has 0 radical (unpaired) electrons. The summed E-state index contributed by atoms with van der Waals surface area (Å²) in [6.45, 7) is 5.49. The Morgan fingerprint density at radius 1 is 1.53 bits per heavy atom. The summed E-state index contributed by atoms with van der Waals surface area (Å²) < 4.78 is 6.76. The number of hydrogen-bond donors (Lipinski definition) is 1. The third-order valence-corrected chi connectivity index (χ3v) is 4.06. The molecule has 4 heteroatoms. The second-order valence-electron chi connectivity index (χ2n) is 4.42. The lowest BCUT2D eigenvalue weighted by atomic mass is 10.1. The second-order valence-corrected chi connectivity index (χ2v) is 5.28. The Labute approximate surface area is 111 Å². The molecule has 1 fully saturated rings. The quantitative estimate of drug-likeness (QED) is 0.929. The number of hydrogen-bond acceptors (Lipinski definition) is 3. The molecule has 0 spiro atoms. The van der Waals surface area contributed by atoms with Crippen molar-refractivity contribution in [2.45, 2.75) is 19.1 Å². The highest BCUT2D eigenvalue weighted by atomic mass is 79.9. The maximum atomic E-state index is 5.67. The van der Waals surface area contributed by atoms with Crippen molar-refractivity contribution in [2.75, 3.05) is 26.2 Å². The summed E-state index contributed by atoms with van der Waals surface area (Å²) in [5, 5.41) is 0. The van der Waals surface area contributed by atoms with Crippen molar-refractivity contribution in [3.63, 3.8) is 0 Å². The standard InChI is InChI=1S/C13H19BrN2O/c1-10(12-4-2-3-5-13(12)14)16-6-7-17-11(8-15)9-16/h2-5,10-11H,6-9,15H2,1H3. The van der Waals surface area contributed by atoms with E-state index in [2.05, 4.69) is 46.0 Å². The van der Waals surface area contributed by atoms with Gasteiger partial charge in [0, 0.05) is 30.1 Å². The van der Waals surface area contributed by atoms with Crippen LogP contribution in [0, 0.1) is 0 Å². The van der Waals surface area contributed by atoms with Crippen LogP contribution in [0.3, 0.4) is 0 Å². The van der Waals surface area contributed by atoms with E-state index in [1.807, 2.05) is 6.07 Å². The Bertz CT molecular complexity index is 372. The fourth-order valence-electron chi connectivity index (χ4n) is 2.25. The summed E-state index contributed by atoms with van der Waals surface area (Å²) in [6, 6.07) is 8.78. The number of morpholine rings is 1. The molecule has 2 N–H and O–H groups in total. The largest absolute Gasteiger partial charge is 0.374 e. The van der Waals surface area contributed by atoms with E-state index in [9.17, 15) is 0 Å². The molecule has 1 aromatic rings. The lowest BCUT2D eigenvalue weighted by Gasteiger charge is -2.36. The van der Waals surface area contributed by atoms with Crippen molar-refractivity contribution in [1.29, 1.82) is 0 Å². The normalized spacial score (nSPS) is 23.6. The van der Waals surface area contributed by atoms with Crippen LogP contribution in [-0.4, -0.2) is 37.2 Å². The van der Waals surface area contributed by atoms with Crippen molar-refractivity contribution < 1.29 is 4.74 Å². The van der Waals surface area contributed by atoms with E-state index >= 15 is 0 Å². The molecule has 3 nitrogen and oxygen atoms in total. The molecule has 0 aromatic heterocycles.